The van der Waals surface area contributed by atoms with Gasteiger partial charge in [0.15, 0.2) is 5.82 Å². The summed E-state index contributed by atoms with van der Waals surface area (Å²) >= 11 is 0. The Hall–Kier alpha value is -1.95. The van der Waals surface area contributed by atoms with Gasteiger partial charge in [-0.1, -0.05) is 20.4 Å². The average Bonchev–Trinajstić information content (AvgIpc) is 3.09. The molecule has 1 aliphatic rings. The molecule has 1 aromatic heterocycles. The first-order valence-electron chi connectivity index (χ1n) is 8.67. The predicted molar refractivity (Wildman–Crippen MR) is 103 cm³/mol. The minimum absolute atomic E-state index is 0.230. The average molecular weight is 333 g/mol. The summed E-state index contributed by atoms with van der Waals surface area (Å²) in [5, 5.41) is 0. The Morgan fingerprint density at radius 1 is 1.38 bits per heavy atom. The SMILES string of the molecule is C=Cc1nc(N)nc(N(C)C2CCC(COCC)C2)c1N=C.CC. The number of nitrogen functional groups attached to an aromatic ring is 1. The summed E-state index contributed by atoms with van der Waals surface area (Å²) in [5.41, 5.74) is 7.07. The van der Waals surface area contributed by atoms with Crippen LogP contribution in [0.25, 0.3) is 6.08 Å². The number of aromatic nitrogens is 2. The van der Waals surface area contributed by atoms with E-state index in [9.17, 15) is 0 Å². The minimum atomic E-state index is 0.230. The summed E-state index contributed by atoms with van der Waals surface area (Å²) in [6.07, 6.45) is 4.99. The highest BCUT2D eigenvalue weighted by molar-refractivity contribution is 5.75. The van der Waals surface area contributed by atoms with Gasteiger partial charge < -0.3 is 15.4 Å². The zero-order chi connectivity index (χ0) is 18.1. The van der Waals surface area contributed by atoms with Crippen LogP contribution in [0, 0.1) is 5.92 Å². The summed E-state index contributed by atoms with van der Waals surface area (Å²) < 4.78 is 5.55. The molecule has 1 aromatic rings. The molecule has 6 heteroatoms. The van der Waals surface area contributed by atoms with Crippen molar-refractivity contribution >= 4 is 30.2 Å². The van der Waals surface area contributed by atoms with E-state index in [-0.39, 0.29) is 5.95 Å². The number of nitrogens with two attached hydrogens (primary N) is 1. The lowest BCUT2D eigenvalue weighted by molar-refractivity contribution is 0.112. The highest BCUT2D eigenvalue weighted by Crippen LogP contribution is 2.36. The maximum atomic E-state index is 5.81. The van der Waals surface area contributed by atoms with Gasteiger partial charge in [0, 0.05) is 26.3 Å². The second-order valence-corrected chi connectivity index (χ2v) is 5.60. The third kappa shape index (κ3) is 4.77. The highest BCUT2D eigenvalue weighted by Gasteiger charge is 2.30. The fraction of sp³-hybridized carbons (Fsp3) is 0.611. The quantitative estimate of drug-likeness (QED) is 0.770. The van der Waals surface area contributed by atoms with Crippen LogP contribution in [0.3, 0.4) is 0 Å². The van der Waals surface area contributed by atoms with E-state index in [0.717, 1.165) is 31.9 Å². The molecule has 0 bridgehead atoms. The van der Waals surface area contributed by atoms with E-state index in [1.807, 2.05) is 27.8 Å². The number of ether oxygens (including phenoxy) is 1. The van der Waals surface area contributed by atoms with Crippen LogP contribution in [-0.2, 0) is 4.74 Å². The molecule has 134 valence electrons. The van der Waals surface area contributed by atoms with Crippen LogP contribution < -0.4 is 10.6 Å². The molecule has 1 fully saturated rings. The van der Waals surface area contributed by atoms with Crippen molar-refractivity contribution in [2.75, 3.05) is 30.9 Å². The van der Waals surface area contributed by atoms with Gasteiger partial charge in [-0.15, -0.1) is 0 Å². The van der Waals surface area contributed by atoms with Crippen molar-refractivity contribution in [3.63, 3.8) is 0 Å². The van der Waals surface area contributed by atoms with Crippen molar-refractivity contribution in [2.45, 2.75) is 46.1 Å². The standard InChI is InChI=1S/C16H25N5O.C2H6/c1-5-13-14(18-3)15(20-16(17)19-13)21(4)12-8-7-11(9-12)10-22-6-2;1-2/h5,11-12H,1,3,6-10H2,2,4H3,(H2,17,19,20);1-2H3. The lowest BCUT2D eigenvalue weighted by Gasteiger charge is -2.27. The second-order valence-electron chi connectivity index (χ2n) is 5.60. The van der Waals surface area contributed by atoms with E-state index in [4.69, 9.17) is 10.5 Å². The molecule has 1 heterocycles. The number of hydrogen-bond donors (Lipinski definition) is 1. The predicted octanol–water partition coefficient (Wildman–Crippen LogP) is 3.70. The fourth-order valence-electron chi connectivity index (χ4n) is 3.03. The zero-order valence-electron chi connectivity index (χ0n) is 15.5. The van der Waals surface area contributed by atoms with Gasteiger partial charge in [-0.25, -0.2) is 4.98 Å². The van der Waals surface area contributed by atoms with Crippen LogP contribution >= 0.6 is 0 Å². The Morgan fingerprint density at radius 3 is 2.67 bits per heavy atom. The van der Waals surface area contributed by atoms with Gasteiger partial charge in [0.05, 0.1) is 5.69 Å². The Balaban J connectivity index is 0.00000139. The number of nitrogens with zero attached hydrogens (tertiary/aromatic N) is 4. The number of rotatable bonds is 7. The summed E-state index contributed by atoms with van der Waals surface area (Å²) in [6.45, 7) is 15.0. The van der Waals surface area contributed by atoms with Gasteiger partial charge in [-0.05, 0) is 44.9 Å². The highest BCUT2D eigenvalue weighted by atomic mass is 16.5. The maximum absolute atomic E-state index is 5.81. The first-order valence-corrected chi connectivity index (χ1v) is 8.67. The molecular weight excluding hydrogens is 302 g/mol. The summed E-state index contributed by atoms with van der Waals surface area (Å²) in [7, 11) is 2.02. The van der Waals surface area contributed by atoms with Crippen molar-refractivity contribution in [1.82, 2.24) is 9.97 Å². The monoisotopic (exact) mass is 333 g/mol. The lowest BCUT2D eigenvalue weighted by Crippen LogP contribution is -2.31. The number of anilines is 2. The molecule has 2 atom stereocenters. The Kier molecular flexibility index (Phi) is 8.40. The zero-order valence-corrected chi connectivity index (χ0v) is 15.5. The third-order valence-corrected chi connectivity index (χ3v) is 4.21. The van der Waals surface area contributed by atoms with Crippen LogP contribution in [0.1, 0.15) is 45.7 Å². The molecule has 0 amide bonds. The molecule has 6 nitrogen and oxygen atoms in total. The maximum Gasteiger partial charge on any atom is 0.222 e. The molecule has 0 aromatic carbocycles. The van der Waals surface area contributed by atoms with E-state index >= 15 is 0 Å². The molecule has 1 aliphatic carbocycles. The van der Waals surface area contributed by atoms with Crippen molar-refractivity contribution < 1.29 is 4.74 Å². The summed E-state index contributed by atoms with van der Waals surface area (Å²) in [6, 6.07) is 0.401. The lowest BCUT2D eigenvalue weighted by atomic mass is 10.1. The molecule has 2 N–H and O–H groups in total. The molecule has 0 spiro atoms. The van der Waals surface area contributed by atoms with Crippen LogP contribution in [0.2, 0.25) is 0 Å². The van der Waals surface area contributed by atoms with Crippen molar-refractivity contribution in [3.05, 3.63) is 12.3 Å². The second kappa shape index (κ2) is 10.0. The fourth-order valence-corrected chi connectivity index (χ4v) is 3.03. The smallest absolute Gasteiger partial charge is 0.222 e. The van der Waals surface area contributed by atoms with Gasteiger partial charge in [0.1, 0.15) is 5.69 Å². The molecule has 0 saturated heterocycles. The molecule has 2 rings (SSSR count). The van der Waals surface area contributed by atoms with E-state index in [1.165, 1.54) is 6.42 Å². The van der Waals surface area contributed by atoms with Crippen molar-refractivity contribution in [3.8, 4) is 0 Å². The van der Waals surface area contributed by atoms with Crippen LogP contribution in [-0.4, -0.2) is 43.0 Å². The molecule has 24 heavy (non-hydrogen) atoms. The first kappa shape index (κ1) is 20.1. The molecule has 2 unspecified atom stereocenters. The first-order chi connectivity index (χ1) is 11.6. The van der Waals surface area contributed by atoms with E-state index in [2.05, 4.69) is 33.2 Å². The molecule has 0 aliphatic heterocycles. The number of aliphatic imine (C=N–C) groups is 1. The van der Waals surface area contributed by atoms with Gasteiger partial charge >= 0.3 is 0 Å². The van der Waals surface area contributed by atoms with Gasteiger partial charge in [0.25, 0.3) is 0 Å². The van der Waals surface area contributed by atoms with Crippen molar-refractivity contribution in [2.24, 2.45) is 10.9 Å². The van der Waals surface area contributed by atoms with Crippen LogP contribution in [0.15, 0.2) is 11.6 Å². The van der Waals surface area contributed by atoms with Gasteiger partial charge in [-0.2, -0.15) is 4.98 Å². The van der Waals surface area contributed by atoms with Gasteiger partial charge in [0.2, 0.25) is 5.95 Å². The topological polar surface area (TPSA) is 76.6 Å². The third-order valence-electron chi connectivity index (χ3n) is 4.21. The summed E-state index contributed by atoms with van der Waals surface area (Å²) in [5.74, 6) is 1.55. The molecule has 0 radical (unpaired) electrons. The van der Waals surface area contributed by atoms with Crippen molar-refractivity contribution in [1.29, 1.82) is 0 Å². The van der Waals surface area contributed by atoms with E-state index < -0.39 is 0 Å². The van der Waals surface area contributed by atoms with E-state index in [1.54, 1.807) is 6.08 Å². The van der Waals surface area contributed by atoms with Crippen LogP contribution in [0.5, 0.6) is 0 Å². The summed E-state index contributed by atoms with van der Waals surface area (Å²) in [4.78, 5) is 14.7. The Morgan fingerprint density at radius 2 is 2.08 bits per heavy atom. The van der Waals surface area contributed by atoms with E-state index in [0.29, 0.717) is 23.3 Å². The Labute approximate surface area is 145 Å². The number of hydrogen-bond acceptors (Lipinski definition) is 6. The van der Waals surface area contributed by atoms with Gasteiger partial charge in [-0.3, -0.25) is 4.99 Å². The minimum Gasteiger partial charge on any atom is -0.381 e. The largest absolute Gasteiger partial charge is 0.381 e. The van der Waals surface area contributed by atoms with Crippen LogP contribution in [0.4, 0.5) is 17.5 Å². The normalized spacial score (nSPS) is 19.3. The molecular formula is C18H31N5O. The Bertz CT molecular complexity index is 546. The molecule has 1 saturated carbocycles.